The van der Waals surface area contributed by atoms with Crippen LogP contribution in [0.3, 0.4) is 0 Å². The van der Waals surface area contributed by atoms with Gasteiger partial charge in [-0.2, -0.15) is 0 Å². The van der Waals surface area contributed by atoms with E-state index in [9.17, 15) is 0 Å². The summed E-state index contributed by atoms with van der Waals surface area (Å²) in [6.07, 6.45) is 1.74. The summed E-state index contributed by atoms with van der Waals surface area (Å²) in [5, 5.41) is 0.631. The highest BCUT2D eigenvalue weighted by Gasteiger charge is 2.26. The highest BCUT2D eigenvalue weighted by molar-refractivity contribution is 6.30. The molecule has 1 aliphatic rings. The zero-order valence-corrected chi connectivity index (χ0v) is 11.5. The van der Waals surface area contributed by atoms with E-state index in [0.29, 0.717) is 17.2 Å². The summed E-state index contributed by atoms with van der Waals surface area (Å²) in [6, 6.07) is 5.19. The molecule has 1 aromatic rings. The van der Waals surface area contributed by atoms with E-state index in [1.165, 1.54) is 0 Å². The predicted octanol–water partition coefficient (Wildman–Crippen LogP) is 2.26. The molecule has 2 unspecified atom stereocenters. The van der Waals surface area contributed by atoms with Crippen molar-refractivity contribution in [3.8, 4) is 0 Å². The van der Waals surface area contributed by atoms with Crippen LogP contribution in [0.2, 0.25) is 5.15 Å². The van der Waals surface area contributed by atoms with Crippen LogP contribution in [-0.4, -0.2) is 47.0 Å². The Hall–Kier alpha value is -0.640. The first-order valence-electron chi connectivity index (χ1n) is 6.11. The second-order valence-electron chi connectivity index (χ2n) is 5.01. The fourth-order valence-corrected chi connectivity index (χ4v) is 2.60. The smallest absolute Gasteiger partial charge is 0.133 e. The first-order valence-corrected chi connectivity index (χ1v) is 6.49. The Morgan fingerprint density at radius 1 is 1.35 bits per heavy atom. The minimum atomic E-state index is 0.592. The SMILES string of the molecule is CC1CN(Cc2cccnc2Cl)CC(C)N1C. The van der Waals surface area contributed by atoms with Crippen LogP contribution in [-0.2, 0) is 6.54 Å². The predicted molar refractivity (Wildman–Crippen MR) is 71.2 cm³/mol. The number of nitrogens with zero attached hydrogens (tertiary/aromatic N) is 3. The lowest BCUT2D eigenvalue weighted by Crippen LogP contribution is -2.54. The molecule has 1 aromatic heterocycles. The van der Waals surface area contributed by atoms with Crippen molar-refractivity contribution in [2.24, 2.45) is 0 Å². The van der Waals surface area contributed by atoms with Crippen molar-refractivity contribution in [1.82, 2.24) is 14.8 Å². The van der Waals surface area contributed by atoms with E-state index >= 15 is 0 Å². The molecule has 1 aliphatic heterocycles. The zero-order valence-electron chi connectivity index (χ0n) is 10.7. The minimum Gasteiger partial charge on any atom is -0.298 e. The average molecular weight is 254 g/mol. The zero-order chi connectivity index (χ0) is 12.4. The molecule has 4 heteroatoms. The second kappa shape index (κ2) is 5.34. The Bertz CT molecular complexity index is 371. The molecule has 0 amide bonds. The maximum atomic E-state index is 6.10. The standard InChI is InChI=1S/C13H20ClN3/c1-10-7-17(8-11(2)16(10)3)9-12-5-4-6-15-13(12)14/h4-6,10-11H,7-9H2,1-3H3. The Morgan fingerprint density at radius 3 is 2.59 bits per heavy atom. The molecule has 0 aromatic carbocycles. The van der Waals surface area contributed by atoms with Gasteiger partial charge in [-0.3, -0.25) is 9.80 Å². The summed E-state index contributed by atoms with van der Waals surface area (Å²) in [5.41, 5.74) is 1.12. The lowest BCUT2D eigenvalue weighted by Gasteiger charge is -2.42. The van der Waals surface area contributed by atoms with E-state index in [1.54, 1.807) is 6.20 Å². The number of halogens is 1. The Balaban J connectivity index is 2.03. The fraction of sp³-hybridized carbons (Fsp3) is 0.615. The molecular formula is C13H20ClN3. The molecule has 0 N–H and O–H groups in total. The molecule has 2 heterocycles. The van der Waals surface area contributed by atoms with E-state index in [0.717, 1.165) is 25.2 Å². The molecule has 0 spiro atoms. The first-order chi connectivity index (χ1) is 8.08. The minimum absolute atomic E-state index is 0.592. The van der Waals surface area contributed by atoms with E-state index in [2.05, 4.69) is 41.7 Å². The van der Waals surface area contributed by atoms with Crippen LogP contribution in [0.1, 0.15) is 19.4 Å². The Kier molecular flexibility index (Phi) is 4.02. The number of likely N-dealkylation sites (N-methyl/N-ethyl adjacent to an activating group) is 1. The van der Waals surface area contributed by atoms with Crippen LogP contribution in [0.15, 0.2) is 18.3 Å². The summed E-state index contributed by atoms with van der Waals surface area (Å²) in [6.45, 7) is 7.62. The molecule has 1 fully saturated rings. The van der Waals surface area contributed by atoms with Gasteiger partial charge in [-0.15, -0.1) is 0 Å². The maximum Gasteiger partial charge on any atom is 0.133 e. The van der Waals surface area contributed by atoms with Gasteiger partial charge in [0, 0.05) is 43.5 Å². The summed E-state index contributed by atoms with van der Waals surface area (Å²) < 4.78 is 0. The largest absolute Gasteiger partial charge is 0.298 e. The van der Waals surface area contributed by atoms with Crippen molar-refractivity contribution in [3.05, 3.63) is 29.0 Å². The number of pyridine rings is 1. The highest BCUT2D eigenvalue weighted by Crippen LogP contribution is 2.19. The molecule has 0 radical (unpaired) electrons. The summed E-state index contributed by atoms with van der Waals surface area (Å²) >= 11 is 6.10. The Morgan fingerprint density at radius 2 is 2.00 bits per heavy atom. The second-order valence-corrected chi connectivity index (χ2v) is 5.37. The topological polar surface area (TPSA) is 19.4 Å². The van der Waals surface area contributed by atoms with Gasteiger partial charge in [0.2, 0.25) is 0 Å². The normalized spacial score (nSPS) is 27.3. The molecule has 0 saturated carbocycles. The van der Waals surface area contributed by atoms with Gasteiger partial charge in [-0.25, -0.2) is 4.98 Å². The van der Waals surface area contributed by atoms with E-state index in [4.69, 9.17) is 11.6 Å². The molecule has 2 atom stereocenters. The molecule has 0 aliphatic carbocycles. The number of hydrogen-bond donors (Lipinski definition) is 0. The third kappa shape index (κ3) is 2.97. The number of aromatic nitrogens is 1. The average Bonchev–Trinajstić information content (AvgIpc) is 2.29. The van der Waals surface area contributed by atoms with Gasteiger partial charge < -0.3 is 0 Å². The molecule has 3 nitrogen and oxygen atoms in total. The van der Waals surface area contributed by atoms with E-state index in [-0.39, 0.29) is 0 Å². The monoisotopic (exact) mass is 253 g/mol. The molecule has 2 rings (SSSR count). The Labute approximate surface area is 108 Å². The number of rotatable bonds is 2. The summed E-state index contributed by atoms with van der Waals surface area (Å²) in [4.78, 5) is 9.01. The molecule has 1 saturated heterocycles. The van der Waals surface area contributed by atoms with E-state index < -0.39 is 0 Å². The van der Waals surface area contributed by atoms with Crippen molar-refractivity contribution in [2.75, 3.05) is 20.1 Å². The van der Waals surface area contributed by atoms with E-state index in [1.807, 2.05) is 6.07 Å². The molecule has 0 bridgehead atoms. The molecule has 94 valence electrons. The van der Waals surface area contributed by atoms with Crippen molar-refractivity contribution in [2.45, 2.75) is 32.5 Å². The lowest BCUT2D eigenvalue weighted by molar-refractivity contribution is 0.0556. The summed E-state index contributed by atoms with van der Waals surface area (Å²) in [7, 11) is 2.20. The third-order valence-corrected chi connectivity index (χ3v) is 4.01. The van der Waals surface area contributed by atoms with Crippen molar-refractivity contribution in [3.63, 3.8) is 0 Å². The van der Waals surface area contributed by atoms with Gasteiger partial charge in [0.05, 0.1) is 0 Å². The van der Waals surface area contributed by atoms with Crippen LogP contribution >= 0.6 is 11.6 Å². The van der Waals surface area contributed by atoms with Gasteiger partial charge in [-0.05, 0) is 27.0 Å². The maximum absolute atomic E-state index is 6.10. The van der Waals surface area contributed by atoms with Crippen LogP contribution < -0.4 is 0 Å². The third-order valence-electron chi connectivity index (χ3n) is 3.67. The lowest BCUT2D eigenvalue weighted by atomic mass is 10.1. The van der Waals surface area contributed by atoms with Gasteiger partial charge in [-0.1, -0.05) is 17.7 Å². The fourth-order valence-electron chi connectivity index (χ4n) is 2.42. The van der Waals surface area contributed by atoms with Crippen molar-refractivity contribution >= 4 is 11.6 Å². The quantitative estimate of drug-likeness (QED) is 0.754. The van der Waals surface area contributed by atoms with Crippen LogP contribution in [0.4, 0.5) is 0 Å². The van der Waals surface area contributed by atoms with Crippen LogP contribution in [0, 0.1) is 0 Å². The highest BCUT2D eigenvalue weighted by atomic mass is 35.5. The van der Waals surface area contributed by atoms with Gasteiger partial charge in [0.25, 0.3) is 0 Å². The van der Waals surface area contributed by atoms with Crippen LogP contribution in [0.5, 0.6) is 0 Å². The van der Waals surface area contributed by atoms with Gasteiger partial charge >= 0.3 is 0 Å². The first kappa shape index (κ1) is 12.8. The van der Waals surface area contributed by atoms with Crippen molar-refractivity contribution in [1.29, 1.82) is 0 Å². The van der Waals surface area contributed by atoms with Gasteiger partial charge in [0.15, 0.2) is 0 Å². The molecule has 17 heavy (non-hydrogen) atoms. The number of hydrogen-bond acceptors (Lipinski definition) is 3. The van der Waals surface area contributed by atoms with Crippen molar-refractivity contribution < 1.29 is 0 Å². The number of piperazine rings is 1. The summed E-state index contributed by atoms with van der Waals surface area (Å²) in [5.74, 6) is 0. The van der Waals surface area contributed by atoms with Crippen LogP contribution in [0.25, 0.3) is 0 Å². The molecular weight excluding hydrogens is 234 g/mol. The van der Waals surface area contributed by atoms with Gasteiger partial charge in [0.1, 0.15) is 5.15 Å².